The molecule has 2 amide bonds. The average Bonchev–Trinajstić information content (AvgIpc) is 3.21. The molecule has 4 rings (SSSR count). The fourth-order valence-corrected chi connectivity index (χ4v) is 6.35. The smallest absolute Gasteiger partial charge is 0.326 e. The fraction of sp³-hybridized carbons (Fsp3) is 0.500. The highest BCUT2D eigenvalue weighted by Gasteiger charge is 2.66. The molecule has 1 aliphatic heterocycles. The van der Waals surface area contributed by atoms with Crippen LogP contribution in [0.1, 0.15) is 12.0 Å². The lowest BCUT2D eigenvalue weighted by Gasteiger charge is -2.28. The van der Waals surface area contributed by atoms with E-state index >= 15 is 0 Å². The zero-order chi connectivity index (χ0) is 17.7. The van der Waals surface area contributed by atoms with E-state index < -0.39 is 5.97 Å². The summed E-state index contributed by atoms with van der Waals surface area (Å²) in [5.41, 5.74) is 0.870. The molecular formula is C18H17Br2NO4. The van der Waals surface area contributed by atoms with Gasteiger partial charge in [-0.1, -0.05) is 62.2 Å². The van der Waals surface area contributed by atoms with Crippen LogP contribution in [0, 0.1) is 23.7 Å². The maximum absolute atomic E-state index is 12.7. The van der Waals surface area contributed by atoms with Crippen LogP contribution in [-0.2, 0) is 25.7 Å². The Bertz CT molecular complexity index is 693. The van der Waals surface area contributed by atoms with Crippen LogP contribution in [-0.4, -0.2) is 38.9 Å². The summed E-state index contributed by atoms with van der Waals surface area (Å²) in [5.74, 6) is -1.27. The number of imide groups is 1. The summed E-state index contributed by atoms with van der Waals surface area (Å²) < 4.78 is 5.22. The number of likely N-dealkylation sites (tertiary alicyclic amines) is 1. The largest absolute Gasteiger partial charge is 0.459 e. The number of ether oxygens (including phenoxy) is 1. The molecule has 6 atom stereocenters. The van der Waals surface area contributed by atoms with Gasteiger partial charge in [0.15, 0.2) is 0 Å². The second kappa shape index (κ2) is 6.50. The summed E-state index contributed by atoms with van der Waals surface area (Å²) in [6.45, 7) is -0.155. The van der Waals surface area contributed by atoms with Crippen molar-refractivity contribution < 1.29 is 19.1 Å². The van der Waals surface area contributed by atoms with Gasteiger partial charge in [-0.05, 0) is 23.8 Å². The number of amides is 2. The minimum absolute atomic E-state index is 0.140. The molecule has 1 heterocycles. The topological polar surface area (TPSA) is 63.7 Å². The standard InChI is InChI=1S/C18H17Br2NO4/c19-15-10-6-11(16(15)20)14-13(10)17(23)21(18(14)24)7-12(22)25-8-9-4-2-1-3-5-9/h1-5,10-11,13-16H,6-8H2/t10-,11+,13-,14+,15-,16+. The molecule has 0 unspecified atom stereocenters. The Balaban J connectivity index is 1.41. The van der Waals surface area contributed by atoms with Gasteiger partial charge in [0.25, 0.3) is 0 Å². The Morgan fingerprint density at radius 3 is 2.16 bits per heavy atom. The molecule has 1 aromatic rings. The molecule has 132 valence electrons. The van der Waals surface area contributed by atoms with Crippen LogP contribution in [0.4, 0.5) is 0 Å². The van der Waals surface area contributed by atoms with Crippen LogP contribution in [0.15, 0.2) is 30.3 Å². The van der Waals surface area contributed by atoms with Crippen molar-refractivity contribution in [2.45, 2.75) is 22.7 Å². The molecule has 1 aromatic carbocycles. The highest BCUT2D eigenvalue weighted by Crippen LogP contribution is 2.60. The molecule has 1 saturated heterocycles. The molecule has 3 aliphatic rings. The van der Waals surface area contributed by atoms with Crippen LogP contribution in [0.2, 0.25) is 0 Å². The SMILES string of the molecule is O=C(CN1C(=O)[C@@H]2[C@H]3C[C@H]([C@H](Br)[C@@H]3Br)[C@@H]2C1=O)OCc1ccccc1. The van der Waals surface area contributed by atoms with Gasteiger partial charge in [-0.3, -0.25) is 19.3 Å². The Morgan fingerprint density at radius 2 is 1.60 bits per heavy atom. The maximum Gasteiger partial charge on any atom is 0.326 e. The summed E-state index contributed by atoms with van der Waals surface area (Å²) in [6, 6.07) is 9.32. The number of halogens is 2. The van der Waals surface area contributed by atoms with E-state index in [1.165, 1.54) is 0 Å². The Labute approximate surface area is 162 Å². The fourth-order valence-electron chi connectivity index (χ4n) is 4.48. The second-order valence-electron chi connectivity index (χ2n) is 6.91. The lowest BCUT2D eigenvalue weighted by atomic mass is 9.81. The van der Waals surface area contributed by atoms with Gasteiger partial charge in [0, 0.05) is 9.65 Å². The number of alkyl halides is 2. The Hall–Kier alpha value is -1.21. The monoisotopic (exact) mass is 469 g/mol. The third-order valence-corrected chi connectivity index (χ3v) is 8.81. The van der Waals surface area contributed by atoms with Crippen molar-refractivity contribution in [1.82, 2.24) is 4.90 Å². The number of esters is 1. The molecule has 25 heavy (non-hydrogen) atoms. The van der Waals surface area contributed by atoms with Gasteiger partial charge in [-0.25, -0.2) is 0 Å². The van der Waals surface area contributed by atoms with Crippen molar-refractivity contribution in [1.29, 1.82) is 0 Å². The molecule has 2 bridgehead atoms. The molecular weight excluding hydrogens is 454 g/mol. The molecule has 0 N–H and O–H groups in total. The zero-order valence-electron chi connectivity index (χ0n) is 13.3. The highest BCUT2D eigenvalue weighted by molar-refractivity contribution is 9.12. The summed E-state index contributed by atoms with van der Waals surface area (Å²) >= 11 is 7.29. The first-order chi connectivity index (χ1) is 12.0. The number of fused-ring (bicyclic) bond motifs is 5. The van der Waals surface area contributed by atoms with Crippen LogP contribution in [0.3, 0.4) is 0 Å². The number of hydrogen-bond acceptors (Lipinski definition) is 4. The van der Waals surface area contributed by atoms with Crippen molar-refractivity contribution >= 4 is 49.6 Å². The van der Waals surface area contributed by atoms with Crippen LogP contribution in [0.25, 0.3) is 0 Å². The van der Waals surface area contributed by atoms with Gasteiger partial charge in [-0.2, -0.15) is 0 Å². The van der Waals surface area contributed by atoms with E-state index in [4.69, 9.17) is 4.74 Å². The van der Waals surface area contributed by atoms with Crippen molar-refractivity contribution in [3.63, 3.8) is 0 Å². The van der Waals surface area contributed by atoms with Crippen molar-refractivity contribution in [2.75, 3.05) is 6.54 Å². The molecule has 5 nitrogen and oxygen atoms in total. The number of carbonyl (C=O) groups is 3. The molecule has 0 radical (unpaired) electrons. The van der Waals surface area contributed by atoms with Gasteiger partial charge >= 0.3 is 5.97 Å². The Kier molecular flexibility index (Phi) is 4.48. The number of rotatable bonds is 4. The predicted octanol–water partition coefficient (Wildman–Crippen LogP) is 2.51. The van der Waals surface area contributed by atoms with Gasteiger partial charge in [-0.15, -0.1) is 0 Å². The molecule has 0 spiro atoms. The quantitative estimate of drug-likeness (QED) is 0.385. The van der Waals surface area contributed by atoms with E-state index in [0.717, 1.165) is 16.9 Å². The first-order valence-electron chi connectivity index (χ1n) is 8.32. The summed E-state index contributed by atoms with van der Waals surface area (Å²) in [6.07, 6.45) is 0.880. The minimum Gasteiger partial charge on any atom is -0.459 e. The third kappa shape index (κ3) is 2.76. The summed E-state index contributed by atoms with van der Waals surface area (Å²) in [4.78, 5) is 39.0. The minimum atomic E-state index is -0.552. The lowest BCUT2D eigenvalue weighted by Crippen LogP contribution is -2.38. The molecule has 3 fully saturated rings. The molecule has 0 aromatic heterocycles. The van der Waals surface area contributed by atoms with E-state index in [2.05, 4.69) is 31.9 Å². The van der Waals surface area contributed by atoms with Gasteiger partial charge in [0.05, 0.1) is 11.8 Å². The second-order valence-corrected chi connectivity index (χ2v) is 9.03. The molecule has 2 saturated carbocycles. The molecule has 2 aliphatic carbocycles. The van der Waals surface area contributed by atoms with Gasteiger partial charge in [0.1, 0.15) is 13.2 Å². The van der Waals surface area contributed by atoms with Crippen molar-refractivity contribution in [3.8, 4) is 0 Å². The highest BCUT2D eigenvalue weighted by atomic mass is 79.9. The van der Waals surface area contributed by atoms with E-state index in [9.17, 15) is 14.4 Å². The summed E-state index contributed by atoms with van der Waals surface area (Å²) in [5, 5.41) is 0. The van der Waals surface area contributed by atoms with E-state index in [-0.39, 0.29) is 58.3 Å². The number of hydrogen-bond donors (Lipinski definition) is 0. The first kappa shape index (κ1) is 17.2. The lowest BCUT2D eigenvalue weighted by molar-refractivity contribution is -0.154. The van der Waals surface area contributed by atoms with E-state index in [1.54, 1.807) is 0 Å². The Morgan fingerprint density at radius 1 is 1.04 bits per heavy atom. The zero-order valence-corrected chi connectivity index (χ0v) is 16.5. The van der Waals surface area contributed by atoms with Gasteiger partial charge in [0.2, 0.25) is 11.8 Å². The van der Waals surface area contributed by atoms with Crippen molar-refractivity contribution in [3.05, 3.63) is 35.9 Å². The van der Waals surface area contributed by atoms with Crippen LogP contribution in [0.5, 0.6) is 0 Å². The average molecular weight is 471 g/mol. The van der Waals surface area contributed by atoms with E-state index in [0.29, 0.717) is 0 Å². The van der Waals surface area contributed by atoms with Gasteiger partial charge < -0.3 is 4.74 Å². The van der Waals surface area contributed by atoms with E-state index in [1.807, 2.05) is 30.3 Å². The number of benzene rings is 1. The maximum atomic E-state index is 12.7. The van der Waals surface area contributed by atoms with Crippen LogP contribution < -0.4 is 0 Å². The number of carbonyl (C=O) groups excluding carboxylic acids is 3. The molecule has 7 heteroatoms. The first-order valence-corrected chi connectivity index (χ1v) is 10.1. The normalized spacial score (nSPS) is 36.0. The van der Waals surface area contributed by atoms with Crippen LogP contribution >= 0.6 is 31.9 Å². The summed E-state index contributed by atoms with van der Waals surface area (Å²) in [7, 11) is 0. The number of nitrogens with zero attached hydrogens (tertiary/aromatic N) is 1. The van der Waals surface area contributed by atoms with Crippen molar-refractivity contribution in [2.24, 2.45) is 23.7 Å². The predicted molar refractivity (Wildman–Crippen MR) is 97.0 cm³/mol. The third-order valence-electron chi connectivity index (χ3n) is 5.61.